The van der Waals surface area contributed by atoms with Gasteiger partial charge < -0.3 is 10.5 Å². The minimum absolute atomic E-state index is 0.196. The van der Waals surface area contributed by atoms with Crippen LogP contribution in [0.25, 0.3) is 0 Å². The lowest BCUT2D eigenvalue weighted by atomic mass is 10.3. The number of hydrogen-bond donors (Lipinski definition) is 1. The molecule has 4 nitrogen and oxygen atoms in total. The van der Waals surface area contributed by atoms with E-state index in [-0.39, 0.29) is 5.75 Å². The summed E-state index contributed by atoms with van der Waals surface area (Å²) >= 11 is 0. The summed E-state index contributed by atoms with van der Waals surface area (Å²) in [6.45, 7) is 0. The van der Waals surface area contributed by atoms with Crippen LogP contribution in [0, 0.1) is 0 Å². The van der Waals surface area contributed by atoms with E-state index >= 15 is 0 Å². The zero-order valence-electron chi connectivity index (χ0n) is 10.5. The Bertz CT molecular complexity index is 740. The van der Waals surface area contributed by atoms with Gasteiger partial charge in [0.2, 0.25) is 0 Å². The van der Waals surface area contributed by atoms with Gasteiger partial charge in [0.15, 0.2) is 0 Å². The number of hydrogen-bond acceptors (Lipinski definition) is 4. The second-order valence-corrected chi connectivity index (χ2v) is 6.04. The van der Waals surface area contributed by atoms with Crippen molar-refractivity contribution >= 4 is 15.5 Å². The molecular formula is C13H10F3NO3S. The third-order valence-corrected chi connectivity index (χ3v) is 4.03. The fraction of sp³-hybridized carbons (Fsp3) is 0.0769. The summed E-state index contributed by atoms with van der Waals surface area (Å²) in [4.78, 5) is -0.838. The van der Waals surface area contributed by atoms with E-state index in [4.69, 9.17) is 10.5 Å². The molecule has 21 heavy (non-hydrogen) atoms. The van der Waals surface area contributed by atoms with Gasteiger partial charge in [0.25, 0.3) is 9.84 Å². The highest BCUT2D eigenvalue weighted by Gasteiger charge is 2.46. The molecule has 8 heteroatoms. The summed E-state index contributed by atoms with van der Waals surface area (Å²) in [7, 11) is -5.35. The molecule has 0 amide bonds. The first kappa shape index (κ1) is 15.2. The minimum atomic E-state index is -5.35. The average Bonchev–Trinajstić information content (AvgIpc) is 2.38. The molecule has 0 aromatic heterocycles. The second kappa shape index (κ2) is 5.28. The van der Waals surface area contributed by atoms with E-state index in [0.717, 1.165) is 24.3 Å². The van der Waals surface area contributed by atoms with Crippen LogP contribution >= 0.6 is 0 Å². The predicted molar refractivity (Wildman–Crippen MR) is 70.6 cm³/mol. The molecule has 2 aromatic carbocycles. The van der Waals surface area contributed by atoms with E-state index in [2.05, 4.69) is 0 Å². The third-order valence-electron chi connectivity index (χ3n) is 2.53. The van der Waals surface area contributed by atoms with Crippen molar-refractivity contribution in [3.05, 3.63) is 48.5 Å². The fourth-order valence-electron chi connectivity index (χ4n) is 1.53. The third kappa shape index (κ3) is 3.27. The summed E-state index contributed by atoms with van der Waals surface area (Å²) in [5, 5.41) is 0. The van der Waals surface area contributed by atoms with Gasteiger partial charge in [-0.2, -0.15) is 13.2 Å². The maximum atomic E-state index is 12.4. The Morgan fingerprint density at radius 2 is 1.57 bits per heavy atom. The minimum Gasteiger partial charge on any atom is -0.457 e. The van der Waals surface area contributed by atoms with Crippen LogP contribution < -0.4 is 10.5 Å². The molecule has 0 atom stereocenters. The SMILES string of the molecule is Nc1cccc(Oc2ccc(S(=O)(=O)C(F)(F)F)cc2)c1. The van der Waals surface area contributed by atoms with E-state index in [1.807, 2.05) is 0 Å². The van der Waals surface area contributed by atoms with Crippen molar-refractivity contribution in [1.29, 1.82) is 0 Å². The van der Waals surface area contributed by atoms with Crippen molar-refractivity contribution < 1.29 is 26.3 Å². The van der Waals surface area contributed by atoms with Gasteiger partial charge in [-0.15, -0.1) is 0 Å². The average molecular weight is 317 g/mol. The first-order valence-electron chi connectivity index (χ1n) is 5.65. The number of nitrogens with two attached hydrogens (primary N) is 1. The Morgan fingerprint density at radius 3 is 2.10 bits per heavy atom. The van der Waals surface area contributed by atoms with Crippen LogP contribution in [0.1, 0.15) is 0 Å². The summed E-state index contributed by atoms with van der Waals surface area (Å²) in [6.07, 6.45) is 0. The van der Waals surface area contributed by atoms with Crippen molar-refractivity contribution in [2.45, 2.75) is 10.4 Å². The van der Waals surface area contributed by atoms with E-state index < -0.39 is 20.2 Å². The van der Waals surface area contributed by atoms with Crippen LogP contribution in [0.4, 0.5) is 18.9 Å². The molecule has 0 heterocycles. The molecule has 0 spiro atoms. The quantitative estimate of drug-likeness (QED) is 0.881. The number of sulfone groups is 1. The molecule has 0 unspecified atom stereocenters. The summed E-state index contributed by atoms with van der Waals surface area (Å²) in [5.74, 6) is 0.586. The van der Waals surface area contributed by atoms with E-state index in [1.54, 1.807) is 18.2 Å². The van der Waals surface area contributed by atoms with Crippen LogP contribution in [0.15, 0.2) is 53.4 Å². The topological polar surface area (TPSA) is 69.4 Å². The van der Waals surface area contributed by atoms with Crippen molar-refractivity contribution in [2.24, 2.45) is 0 Å². The molecule has 0 aliphatic rings. The Kier molecular flexibility index (Phi) is 3.82. The molecule has 0 fully saturated rings. The lowest BCUT2D eigenvalue weighted by molar-refractivity contribution is -0.0436. The standard InChI is InChI=1S/C13H10F3NO3S/c14-13(15,16)21(18,19)12-6-4-10(5-7-12)20-11-3-1-2-9(17)8-11/h1-8H,17H2. The normalized spacial score (nSPS) is 12.1. The monoisotopic (exact) mass is 317 g/mol. The number of rotatable bonds is 3. The zero-order valence-corrected chi connectivity index (χ0v) is 11.3. The first-order valence-corrected chi connectivity index (χ1v) is 7.13. The van der Waals surface area contributed by atoms with Gasteiger partial charge >= 0.3 is 5.51 Å². The van der Waals surface area contributed by atoms with Gasteiger partial charge in [-0.05, 0) is 36.4 Å². The Labute approximate surface area is 118 Å². The molecule has 0 radical (unpaired) electrons. The molecule has 112 valence electrons. The van der Waals surface area contributed by atoms with Crippen molar-refractivity contribution in [2.75, 3.05) is 5.73 Å². The van der Waals surface area contributed by atoms with E-state index in [0.29, 0.717) is 11.4 Å². The second-order valence-electron chi connectivity index (χ2n) is 4.10. The van der Waals surface area contributed by atoms with Gasteiger partial charge in [-0.1, -0.05) is 6.07 Å². The van der Waals surface area contributed by atoms with Crippen LogP contribution in [0.2, 0.25) is 0 Å². The van der Waals surface area contributed by atoms with Crippen LogP contribution in [-0.2, 0) is 9.84 Å². The summed E-state index contributed by atoms with van der Waals surface area (Å²) in [5.41, 5.74) is 0.689. The lowest BCUT2D eigenvalue weighted by Gasteiger charge is -2.09. The number of anilines is 1. The highest BCUT2D eigenvalue weighted by molar-refractivity contribution is 7.92. The molecule has 0 bridgehead atoms. The van der Waals surface area contributed by atoms with E-state index in [1.165, 1.54) is 6.07 Å². The van der Waals surface area contributed by atoms with Crippen LogP contribution in [-0.4, -0.2) is 13.9 Å². The molecule has 2 rings (SSSR count). The molecule has 0 saturated heterocycles. The summed E-state index contributed by atoms with van der Waals surface area (Å²) in [6, 6.07) is 10.4. The number of alkyl halides is 3. The Hall–Kier alpha value is -2.22. The molecule has 2 N–H and O–H groups in total. The van der Waals surface area contributed by atoms with Gasteiger partial charge in [-0.25, -0.2) is 8.42 Å². The number of nitrogen functional groups attached to an aromatic ring is 1. The summed E-state index contributed by atoms with van der Waals surface area (Å²) < 4.78 is 64.9. The smallest absolute Gasteiger partial charge is 0.457 e. The maximum absolute atomic E-state index is 12.4. The highest BCUT2D eigenvalue weighted by Crippen LogP contribution is 2.31. The van der Waals surface area contributed by atoms with Gasteiger partial charge in [0.1, 0.15) is 11.5 Å². The zero-order chi connectivity index (χ0) is 15.7. The van der Waals surface area contributed by atoms with Crippen molar-refractivity contribution in [3.63, 3.8) is 0 Å². The lowest BCUT2D eigenvalue weighted by Crippen LogP contribution is -2.23. The number of halogens is 3. The Balaban J connectivity index is 2.24. The molecule has 0 aliphatic heterocycles. The fourth-order valence-corrected chi connectivity index (χ4v) is 2.30. The largest absolute Gasteiger partial charge is 0.501 e. The molecule has 0 aliphatic carbocycles. The van der Waals surface area contributed by atoms with E-state index in [9.17, 15) is 21.6 Å². The maximum Gasteiger partial charge on any atom is 0.501 e. The van der Waals surface area contributed by atoms with Gasteiger partial charge in [0.05, 0.1) is 4.90 Å². The number of ether oxygens (including phenoxy) is 1. The Morgan fingerprint density at radius 1 is 0.952 bits per heavy atom. The highest BCUT2D eigenvalue weighted by atomic mass is 32.2. The molecule has 2 aromatic rings. The van der Waals surface area contributed by atoms with Crippen molar-refractivity contribution in [3.8, 4) is 11.5 Å². The van der Waals surface area contributed by atoms with Crippen LogP contribution in [0.3, 0.4) is 0 Å². The molecule has 0 saturated carbocycles. The molecular weight excluding hydrogens is 307 g/mol. The predicted octanol–water partition coefficient (Wildman–Crippen LogP) is 3.35. The van der Waals surface area contributed by atoms with Gasteiger partial charge in [0, 0.05) is 11.8 Å². The van der Waals surface area contributed by atoms with Gasteiger partial charge in [-0.3, -0.25) is 0 Å². The van der Waals surface area contributed by atoms with Crippen molar-refractivity contribution in [1.82, 2.24) is 0 Å². The van der Waals surface area contributed by atoms with Crippen LogP contribution in [0.5, 0.6) is 11.5 Å². The number of benzene rings is 2. The first-order chi connectivity index (χ1) is 9.70.